The Bertz CT molecular complexity index is 329. The first-order valence-electron chi connectivity index (χ1n) is 6.18. The average Bonchev–Trinajstić information content (AvgIpc) is 2.23. The fraction of sp³-hybridized carbons (Fsp3) is 0.917. The summed E-state index contributed by atoms with van der Waals surface area (Å²) in [6, 6.07) is 0. The highest BCUT2D eigenvalue weighted by molar-refractivity contribution is 5.73. The van der Waals surface area contributed by atoms with Crippen LogP contribution >= 0.6 is 0 Å². The summed E-state index contributed by atoms with van der Waals surface area (Å²) in [7, 11) is 0. The van der Waals surface area contributed by atoms with Gasteiger partial charge in [0.1, 0.15) is 5.60 Å². The molecule has 4 fully saturated rings. The van der Waals surface area contributed by atoms with Crippen molar-refractivity contribution in [3.63, 3.8) is 0 Å². The number of alkyl halides is 2. The first-order chi connectivity index (χ1) is 7.99. The second-order valence-corrected chi connectivity index (χ2v) is 5.87. The average molecular weight is 246 g/mol. The second-order valence-electron chi connectivity index (χ2n) is 5.87. The van der Waals surface area contributed by atoms with E-state index in [4.69, 9.17) is 4.74 Å². The van der Waals surface area contributed by atoms with Crippen molar-refractivity contribution in [1.29, 1.82) is 0 Å². The van der Waals surface area contributed by atoms with Crippen LogP contribution in [0.1, 0.15) is 32.1 Å². The van der Waals surface area contributed by atoms with Gasteiger partial charge in [0.15, 0.2) is 0 Å². The Hall–Kier alpha value is -0.710. The monoisotopic (exact) mass is 246 g/mol. The van der Waals surface area contributed by atoms with E-state index in [1.807, 2.05) is 0 Å². The zero-order valence-electron chi connectivity index (χ0n) is 9.44. The number of aliphatic hydroxyl groups is 1. The SMILES string of the molecule is O=C(OC12CC3CC(C1)C(O)C(C3)C2)C(F)F. The molecule has 0 heterocycles. The normalized spacial score (nSPS) is 47.5. The van der Waals surface area contributed by atoms with Gasteiger partial charge in [-0.15, -0.1) is 0 Å². The summed E-state index contributed by atoms with van der Waals surface area (Å²) < 4.78 is 29.6. The smallest absolute Gasteiger partial charge is 0.374 e. The number of carbonyl (C=O) groups is 1. The molecule has 0 aromatic heterocycles. The lowest BCUT2D eigenvalue weighted by Gasteiger charge is -2.57. The maximum Gasteiger partial charge on any atom is 0.374 e. The number of hydrogen-bond donors (Lipinski definition) is 1. The van der Waals surface area contributed by atoms with Gasteiger partial charge < -0.3 is 9.84 Å². The first kappa shape index (κ1) is 11.4. The first-order valence-corrected chi connectivity index (χ1v) is 6.18. The summed E-state index contributed by atoms with van der Waals surface area (Å²) in [5, 5.41) is 10.00. The molecule has 0 aliphatic heterocycles. The number of esters is 1. The topological polar surface area (TPSA) is 46.5 Å². The van der Waals surface area contributed by atoms with E-state index >= 15 is 0 Å². The van der Waals surface area contributed by atoms with Crippen LogP contribution in [0.5, 0.6) is 0 Å². The van der Waals surface area contributed by atoms with Crippen molar-refractivity contribution in [3.05, 3.63) is 0 Å². The van der Waals surface area contributed by atoms with Crippen molar-refractivity contribution >= 4 is 5.97 Å². The van der Waals surface area contributed by atoms with Crippen molar-refractivity contribution in [2.75, 3.05) is 0 Å². The van der Waals surface area contributed by atoms with E-state index in [1.165, 1.54) is 0 Å². The minimum atomic E-state index is -3.05. The highest BCUT2D eigenvalue weighted by atomic mass is 19.3. The van der Waals surface area contributed by atoms with Crippen LogP contribution in [0.4, 0.5) is 8.78 Å². The summed E-state index contributed by atoms with van der Waals surface area (Å²) in [4.78, 5) is 11.1. The zero-order valence-corrected chi connectivity index (χ0v) is 9.44. The lowest BCUT2D eigenvalue weighted by Crippen LogP contribution is -2.58. The maximum atomic E-state index is 12.3. The number of rotatable bonds is 2. The molecule has 17 heavy (non-hydrogen) atoms. The van der Waals surface area contributed by atoms with E-state index in [-0.39, 0.29) is 17.9 Å². The molecule has 4 bridgehead atoms. The number of halogens is 2. The molecule has 2 unspecified atom stereocenters. The van der Waals surface area contributed by atoms with Gasteiger partial charge in [0.25, 0.3) is 0 Å². The van der Waals surface area contributed by atoms with Gasteiger partial charge in [0, 0.05) is 0 Å². The van der Waals surface area contributed by atoms with E-state index < -0.39 is 18.0 Å². The van der Waals surface area contributed by atoms with Gasteiger partial charge in [-0.05, 0) is 49.9 Å². The van der Waals surface area contributed by atoms with Crippen LogP contribution in [0.15, 0.2) is 0 Å². The van der Waals surface area contributed by atoms with Crippen molar-refractivity contribution < 1.29 is 23.4 Å². The van der Waals surface area contributed by atoms with Gasteiger partial charge in [-0.25, -0.2) is 4.79 Å². The molecule has 4 saturated carbocycles. The van der Waals surface area contributed by atoms with Crippen molar-refractivity contribution in [2.24, 2.45) is 17.8 Å². The fourth-order valence-corrected chi connectivity index (χ4v) is 4.31. The van der Waals surface area contributed by atoms with Gasteiger partial charge in [0.05, 0.1) is 6.10 Å². The molecule has 2 atom stereocenters. The van der Waals surface area contributed by atoms with E-state index in [0.29, 0.717) is 25.2 Å². The van der Waals surface area contributed by atoms with Gasteiger partial charge in [-0.1, -0.05) is 0 Å². The number of carbonyl (C=O) groups excluding carboxylic acids is 1. The molecule has 0 radical (unpaired) electrons. The van der Waals surface area contributed by atoms with Gasteiger partial charge in [0.2, 0.25) is 0 Å². The van der Waals surface area contributed by atoms with E-state index in [0.717, 1.165) is 12.8 Å². The number of ether oxygens (including phenoxy) is 1. The van der Waals surface area contributed by atoms with Gasteiger partial charge in [-0.3, -0.25) is 0 Å². The van der Waals surface area contributed by atoms with Crippen LogP contribution in [0.25, 0.3) is 0 Å². The highest BCUT2D eigenvalue weighted by Gasteiger charge is 2.57. The fourth-order valence-electron chi connectivity index (χ4n) is 4.31. The Morgan fingerprint density at radius 3 is 2.35 bits per heavy atom. The lowest BCUT2D eigenvalue weighted by atomic mass is 9.53. The van der Waals surface area contributed by atoms with Crippen LogP contribution in [0.2, 0.25) is 0 Å². The van der Waals surface area contributed by atoms with Crippen LogP contribution in [-0.2, 0) is 9.53 Å². The summed E-state index contributed by atoms with van der Waals surface area (Å²) in [5.41, 5.74) is -0.705. The van der Waals surface area contributed by atoms with E-state index in [1.54, 1.807) is 0 Å². The quantitative estimate of drug-likeness (QED) is 0.755. The Kier molecular flexibility index (Phi) is 2.44. The Balaban J connectivity index is 1.78. The number of aliphatic hydroxyl groups excluding tert-OH is 1. The van der Waals surface area contributed by atoms with Crippen LogP contribution < -0.4 is 0 Å². The molecule has 4 rings (SSSR count). The standard InChI is InChI=1S/C12H16F2O3/c13-10(14)11(16)17-12-3-6-1-7(4-12)9(15)8(2-6)5-12/h6-10,15H,1-5H2. The molecular formula is C12H16F2O3. The lowest BCUT2D eigenvalue weighted by molar-refractivity contribution is -0.214. The summed E-state index contributed by atoms with van der Waals surface area (Å²) in [6.07, 6.45) is 0.333. The molecule has 0 aromatic carbocycles. The van der Waals surface area contributed by atoms with E-state index in [2.05, 4.69) is 0 Å². The molecule has 0 amide bonds. The van der Waals surface area contributed by atoms with Crippen LogP contribution in [0.3, 0.4) is 0 Å². The van der Waals surface area contributed by atoms with Crippen LogP contribution in [-0.4, -0.2) is 29.2 Å². The Morgan fingerprint density at radius 2 is 1.82 bits per heavy atom. The number of hydrogen-bond acceptors (Lipinski definition) is 3. The van der Waals surface area contributed by atoms with Crippen molar-refractivity contribution in [2.45, 2.75) is 50.2 Å². The second kappa shape index (κ2) is 3.64. The Labute approximate surface area is 98.1 Å². The zero-order chi connectivity index (χ0) is 12.2. The molecular weight excluding hydrogens is 230 g/mol. The van der Waals surface area contributed by atoms with E-state index in [9.17, 15) is 18.7 Å². The van der Waals surface area contributed by atoms with Gasteiger partial charge >= 0.3 is 12.4 Å². The van der Waals surface area contributed by atoms with Crippen molar-refractivity contribution in [1.82, 2.24) is 0 Å². The highest BCUT2D eigenvalue weighted by Crippen LogP contribution is 2.57. The predicted octanol–water partition coefficient (Wildman–Crippen LogP) is 1.73. The molecule has 3 nitrogen and oxygen atoms in total. The summed E-state index contributed by atoms with van der Waals surface area (Å²) in [5.74, 6) is -0.707. The summed E-state index contributed by atoms with van der Waals surface area (Å²) in [6.45, 7) is 0. The maximum absolute atomic E-state index is 12.3. The van der Waals surface area contributed by atoms with Crippen LogP contribution in [0, 0.1) is 17.8 Å². The summed E-state index contributed by atoms with van der Waals surface area (Å²) >= 11 is 0. The third-order valence-electron chi connectivity index (χ3n) is 4.66. The molecule has 4 aliphatic rings. The third-order valence-corrected chi connectivity index (χ3v) is 4.66. The third kappa shape index (κ3) is 1.75. The Morgan fingerprint density at radius 1 is 1.24 bits per heavy atom. The molecule has 0 saturated heterocycles. The van der Waals surface area contributed by atoms with Crippen molar-refractivity contribution in [3.8, 4) is 0 Å². The largest absolute Gasteiger partial charge is 0.455 e. The molecule has 5 heteroatoms. The predicted molar refractivity (Wildman–Crippen MR) is 54.4 cm³/mol. The molecule has 4 aliphatic carbocycles. The molecule has 1 N–H and O–H groups in total. The van der Waals surface area contributed by atoms with Gasteiger partial charge in [-0.2, -0.15) is 8.78 Å². The minimum absolute atomic E-state index is 0.131. The molecule has 0 spiro atoms. The molecule has 0 aromatic rings. The molecule has 96 valence electrons. The minimum Gasteiger partial charge on any atom is -0.455 e.